The van der Waals surface area contributed by atoms with Gasteiger partial charge in [-0.3, -0.25) is 14.4 Å². The second-order valence-electron chi connectivity index (χ2n) is 5.71. The molecule has 21 heavy (non-hydrogen) atoms. The molecule has 6 nitrogen and oxygen atoms in total. The highest BCUT2D eigenvalue weighted by Gasteiger charge is 2.30. The predicted octanol–water partition coefficient (Wildman–Crippen LogP) is 2.17. The first kappa shape index (κ1) is 17.5. The summed E-state index contributed by atoms with van der Waals surface area (Å²) in [5.74, 6) is -2.17. The molecule has 6 heteroatoms. The number of unbranched alkanes of at least 4 members (excludes halogenated alkanes) is 4. The minimum atomic E-state index is -0.840. The monoisotopic (exact) mass is 299 g/mol. The molecule has 1 amide bonds. The number of aliphatic carboxylic acids is 2. The molecule has 0 aromatic carbocycles. The maximum Gasteiger partial charge on any atom is 0.308 e. The molecule has 3 N–H and O–H groups in total. The molecule has 2 atom stereocenters. The SMILES string of the molecule is O=C(O)CCCCCCCC(C(=O)O)C1CCCC(=O)N1. The van der Waals surface area contributed by atoms with Gasteiger partial charge in [-0.2, -0.15) is 0 Å². The third-order valence-corrected chi connectivity index (χ3v) is 3.97. The summed E-state index contributed by atoms with van der Waals surface area (Å²) in [5, 5.41) is 20.6. The molecule has 2 unspecified atom stereocenters. The predicted molar refractivity (Wildman–Crippen MR) is 76.9 cm³/mol. The number of rotatable bonds is 10. The second kappa shape index (κ2) is 9.37. The molecular weight excluding hydrogens is 274 g/mol. The van der Waals surface area contributed by atoms with Crippen molar-refractivity contribution in [1.29, 1.82) is 0 Å². The van der Waals surface area contributed by atoms with Gasteiger partial charge in [-0.05, 0) is 25.7 Å². The van der Waals surface area contributed by atoms with E-state index >= 15 is 0 Å². The normalized spacial score (nSPS) is 19.8. The maximum atomic E-state index is 11.4. The van der Waals surface area contributed by atoms with Crippen molar-refractivity contribution in [2.24, 2.45) is 5.92 Å². The molecular formula is C15H25NO5. The average molecular weight is 299 g/mol. The Balaban J connectivity index is 2.21. The molecule has 1 fully saturated rings. The summed E-state index contributed by atoms with van der Waals surface area (Å²) in [6.45, 7) is 0. The number of hydrogen-bond acceptors (Lipinski definition) is 3. The van der Waals surface area contributed by atoms with Gasteiger partial charge in [0.15, 0.2) is 0 Å². The van der Waals surface area contributed by atoms with E-state index in [0.29, 0.717) is 19.3 Å². The van der Waals surface area contributed by atoms with Gasteiger partial charge < -0.3 is 15.5 Å². The number of piperidine rings is 1. The Kier molecular flexibility index (Phi) is 7.79. The number of carboxylic acid groups (broad SMARTS) is 2. The third-order valence-electron chi connectivity index (χ3n) is 3.97. The van der Waals surface area contributed by atoms with Crippen molar-refractivity contribution in [2.45, 2.75) is 70.3 Å². The van der Waals surface area contributed by atoms with Gasteiger partial charge in [0.2, 0.25) is 5.91 Å². The first-order valence-electron chi connectivity index (χ1n) is 7.74. The number of carbonyl (C=O) groups is 3. The van der Waals surface area contributed by atoms with Gasteiger partial charge in [0, 0.05) is 18.9 Å². The van der Waals surface area contributed by atoms with Crippen molar-refractivity contribution in [3.05, 3.63) is 0 Å². The Morgan fingerprint density at radius 3 is 2.43 bits per heavy atom. The van der Waals surface area contributed by atoms with Crippen LogP contribution in [0.4, 0.5) is 0 Å². The molecule has 0 radical (unpaired) electrons. The summed E-state index contributed by atoms with van der Waals surface area (Å²) < 4.78 is 0. The fourth-order valence-corrected chi connectivity index (χ4v) is 2.80. The van der Waals surface area contributed by atoms with Crippen molar-refractivity contribution in [3.63, 3.8) is 0 Å². The largest absolute Gasteiger partial charge is 0.481 e. The quantitative estimate of drug-likeness (QED) is 0.536. The molecule has 0 spiro atoms. The van der Waals surface area contributed by atoms with Crippen LogP contribution in [0.1, 0.15) is 64.2 Å². The summed E-state index contributed by atoms with van der Waals surface area (Å²) >= 11 is 0. The van der Waals surface area contributed by atoms with Gasteiger partial charge in [0.1, 0.15) is 0 Å². The smallest absolute Gasteiger partial charge is 0.308 e. The summed E-state index contributed by atoms with van der Waals surface area (Å²) in [6.07, 6.45) is 6.94. The van der Waals surface area contributed by atoms with Gasteiger partial charge in [-0.1, -0.05) is 25.7 Å². The van der Waals surface area contributed by atoms with Gasteiger partial charge in [-0.25, -0.2) is 0 Å². The van der Waals surface area contributed by atoms with Crippen molar-refractivity contribution in [2.75, 3.05) is 0 Å². The van der Waals surface area contributed by atoms with Gasteiger partial charge in [-0.15, -0.1) is 0 Å². The zero-order valence-electron chi connectivity index (χ0n) is 12.3. The van der Waals surface area contributed by atoms with Crippen LogP contribution in [0, 0.1) is 5.92 Å². The lowest BCUT2D eigenvalue weighted by atomic mass is 9.88. The lowest BCUT2D eigenvalue weighted by molar-refractivity contribution is -0.144. The minimum absolute atomic E-state index is 0.0498. The standard InChI is InChI=1S/C15H25NO5/c17-13-9-6-8-12(16-13)11(15(20)21)7-4-2-1-3-5-10-14(18)19/h11-12H,1-10H2,(H,16,17)(H,18,19)(H,20,21). The highest BCUT2D eigenvalue weighted by atomic mass is 16.4. The Labute approximate surface area is 124 Å². The zero-order valence-corrected chi connectivity index (χ0v) is 12.3. The molecule has 1 saturated heterocycles. The first-order valence-corrected chi connectivity index (χ1v) is 7.74. The third kappa shape index (κ3) is 7.11. The maximum absolute atomic E-state index is 11.4. The van der Waals surface area contributed by atoms with E-state index in [4.69, 9.17) is 5.11 Å². The Morgan fingerprint density at radius 1 is 1.14 bits per heavy atom. The molecule has 120 valence electrons. The number of nitrogens with one attached hydrogen (secondary N) is 1. The van der Waals surface area contributed by atoms with Gasteiger partial charge in [0.05, 0.1) is 5.92 Å². The fourth-order valence-electron chi connectivity index (χ4n) is 2.80. The minimum Gasteiger partial charge on any atom is -0.481 e. The van der Waals surface area contributed by atoms with Crippen LogP contribution in [0.3, 0.4) is 0 Å². The van der Waals surface area contributed by atoms with Crippen LogP contribution in [0.25, 0.3) is 0 Å². The zero-order chi connectivity index (χ0) is 15.7. The van der Waals surface area contributed by atoms with E-state index in [-0.39, 0.29) is 18.4 Å². The van der Waals surface area contributed by atoms with Crippen LogP contribution in [-0.2, 0) is 14.4 Å². The van der Waals surface area contributed by atoms with Crippen molar-refractivity contribution < 1.29 is 24.6 Å². The number of hydrogen-bond donors (Lipinski definition) is 3. The van der Waals surface area contributed by atoms with Crippen LogP contribution in [0.2, 0.25) is 0 Å². The van der Waals surface area contributed by atoms with E-state index in [0.717, 1.165) is 38.5 Å². The molecule has 0 saturated carbocycles. The lowest BCUT2D eigenvalue weighted by Crippen LogP contribution is -2.46. The van der Waals surface area contributed by atoms with Gasteiger partial charge >= 0.3 is 11.9 Å². The Hall–Kier alpha value is -1.59. The molecule has 1 aliphatic heterocycles. The Morgan fingerprint density at radius 2 is 1.81 bits per heavy atom. The van der Waals surface area contributed by atoms with E-state index in [9.17, 15) is 19.5 Å². The van der Waals surface area contributed by atoms with E-state index in [1.807, 2.05) is 0 Å². The van der Waals surface area contributed by atoms with Gasteiger partial charge in [0.25, 0.3) is 0 Å². The molecule has 0 bridgehead atoms. The topological polar surface area (TPSA) is 104 Å². The summed E-state index contributed by atoms with van der Waals surface area (Å²) in [6, 6.07) is -0.240. The van der Waals surface area contributed by atoms with Crippen LogP contribution >= 0.6 is 0 Å². The summed E-state index contributed by atoms with van der Waals surface area (Å²) in [7, 11) is 0. The highest BCUT2D eigenvalue weighted by Crippen LogP contribution is 2.22. The molecule has 0 aromatic rings. The lowest BCUT2D eigenvalue weighted by Gasteiger charge is -2.28. The van der Waals surface area contributed by atoms with Crippen molar-refractivity contribution in [1.82, 2.24) is 5.32 Å². The fraction of sp³-hybridized carbons (Fsp3) is 0.800. The van der Waals surface area contributed by atoms with E-state index in [1.54, 1.807) is 0 Å². The number of carbonyl (C=O) groups excluding carboxylic acids is 1. The number of carboxylic acids is 2. The average Bonchev–Trinajstić information content (AvgIpc) is 2.41. The van der Waals surface area contributed by atoms with Crippen LogP contribution in [0.15, 0.2) is 0 Å². The molecule has 0 aliphatic carbocycles. The molecule has 1 aliphatic rings. The van der Waals surface area contributed by atoms with Crippen molar-refractivity contribution in [3.8, 4) is 0 Å². The van der Waals surface area contributed by atoms with E-state index in [1.165, 1.54) is 0 Å². The summed E-state index contributed by atoms with van der Waals surface area (Å²) in [4.78, 5) is 33.0. The summed E-state index contributed by atoms with van der Waals surface area (Å²) in [5.41, 5.74) is 0. The number of amides is 1. The van der Waals surface area contributed by atoms with Crippen molar-refractivity contribution >= 4 is 17.8 Å². The second-order valence-corrected chi connectivity index (χ2v) is 5.71. The molecule has 1 heterocycles. The van der Waals surface area contributed by atoms with E-state index < -0.39 is 17.9 Å². The first-order chi connectivity index (χ1) is 10.0. The highest BCUT2D eigenvalue weighted by molar-refractivity contribution is 5.79. The Bertz CT molecular complexity index is 369. The van der Waals surface area contributed by atoms with Crippen LogP contribution < -0.4 is 5.32 Å². The van der Waals surface area contributed by atoms with Crippen LogP contribution in [0.5, 0.6) is 0 Å². The van der Waals surface area contributed by atoms with Crippen LogP contribution in [-0.4, -0.2) is 34.1 Å². The van der Waals surface area contributed by atoms with E-state index in [2.05, 4.69) is 5.32 Å². The molecule has 1 rings (SSSR count). The molecule has 0 aromatic heterocycles.